The van der Waals surface area contributed by atoms with E-state index in [2.05, 4.69) is 20.9 Å². The van der Waals surface area contributed by atoms with Gasteiger partial charge in [0, 0.05) is 6.20 Å². The summed E-state index contributed by atoms with van der Waals surface area (Å²) in [4.78, 5) is 4.00. The minimum absolute atomic E-state index is 0. The molecule has 0 N–H and O–H groups in total. The highest BCUT2D eigenvalue weighted by molar-refractivity contribution is 9.10. The zero-order chi connectivity index (χ0) is 5.98. The van der Waals surface area contributed by atoms with Crippen molar-refractivity contribution in [2.45, 2.75) is 6.92 Å². The van der Waals surface area contributed by atoms with Gasteiger partial charge in [-0.1, -0.05) is 6.07 Å². The summed E-state index contributed by atoms with van der Waals surface area (Å²) in [5, 5.41) is 0. The van der Waals surface area contributed by atoms with Crippen molar-refractivity contribution in [2.75, 3.05) is 0 Å². The number of aryl methyl sites for hydroxylation is 1. The van der Waals surface area contributed by atoms with E-state index in [9.17, 15) is 0 Å². The Balaban J connectivity index is 0.000000640. The molecule has 1 nitrogen and oxygen atoms in total. The van der Waals surface area contributed by atoms with E-state index in [0.29, 0.717) is 0 Å². The Labute approximate surface area is 73.4 Å². The van der Waals surface area contributed by atoms with Crippen molar-refractivity contribution < 1.29 is 0 Å². The van der Waals surface area contributed by atoms with Gasteiger partial charge in [-0.3, -0.25) is 0 Å². The maximum Gasteiger partial charge on any atom is 0.108 e. The Morgan fingerprint density at radius 1 is 1.56 bits per heavy atom. The van der Waals surface area contributed by atoms with Gasteiger partial charge in [-0.05, 0) is 34.5 Å². The molecule has 50 valence electrons. The van der Waals surface area contributed by atoms with E-state index in [1.165, 1.54) is 5.56 Å². The van der Waals surface area contributed by atoms with Crippen LogP contribution in [0.2, 0.25) is 0 Å². The van der Waals surface area contributed by atoms with Crippen LogP contribution in [0.15, 0.2) is 22.9 Å². The third-order valence-electron chi connectivity index (χ3n) is 0.946. The predicted molar refractivity (Wildman–Crippen MR) is 47.0 cm³/mol. The van der Waals surface area contributed by atoms with Crippen molar-refractivity contribution >= 4 is 32.9 Å². The Bertz CT molecular complexity index is 167. The van der Waals surface area contributed by atoms with Gasteiger partial charge in [0.05, 0.1) is 0 Å². The molecule has 1 heterocycles. The fraction of sp³-hybridized carbons (Fsp3) is 0.167. The Kier molecular flexibility index (Phi) is 4.06. The van der Waals surface area contributed by atoms with E-state index in [1.807, 2.05) is 19.1 Å². The molecule has 9 heavy (non-hydrogen) atoms. The molecule has 0 aliphatic carbocycles. The van der Waals surface area contributed by atoms with Gasteiger partial charge >= 0.3 is 0 Å². The van der Waals surface area contributed by atoms with Gasteiger partial charge in [-0.15, -0.1) is 17.0 Å². The number of rotatable bonds is 0. The Morgan fingerprint density at radius 3 is 2.56 bits per heavy atom. The van der Waals surface area contributed by atoms with Crippen LogP contribution in [0.4, 0.5) is 0 Å². The van der Waals surface area contributed by atoms with Crippen molar-refractivity contribution in [1.29, 1.82) is 0 Å². The van der Waals surface area contributed by atoms with E-state index in [0.717, 1.165) is 4.60 Å². The van der Waals surface area contributed by atoms with Crippen LogP contribution in [0, 0.1) is 6.92 Å². The van der Waals surface area contributed by atoms with Crippen molar-refractivity contribution in [3.63, 3.8) is 0 Å². The molecule has 1 rings (SSSR count). The number of hydrogen-bond donors (Lipinski definition) is 0. The van der Waals surface area contributed by atoms with Gasteiger partial charge in [0.15, 0.2) is 0 Å². The highest BCUT2D eigenvalue weighted by Gasteiger charge is 1.87. The molecule has 0 bridgehead atoms. The summed E-state index contributed by atoms with van der Waals surface area (Å²) < 4.78 is 0.931. The lowest BCUT2D eigenvalue weighted by molar-refractivity contribution is 1.22. The highest BCUT2D eigenvalue weighted by Crippen LogP contribution is 2.09. The maximum absolute atomic E-state index is 4.00. The van der Waals surface area contributed by atoms with Crippen molar-refractivity contribution in [3.05, 3.63) is 28.5 Å². The molecule has 0 fully saturated rings. The van der Waals surface area contributed by atoms with Crippen LogP contribution in [-0.2, 0) is 0 Å². The van der Waals surface area contributed by atoms with Crippen LogP contribution in [0.3, 0.4) is 0 Å². The Hall–Kier alpha value is 0.110. The summed E-state index contributed by atoms with van der Waals surface area (Å²) >= 11 is 3.28. The van der Waals surface area contributed by atoms with Gasteiger partial charge < -0.3 is 0 Å². The van der Waals surface area contributed by atoms with Crippen molar-refractivity contribution in [3.8, 4) is 0 Å². The minimum Gasteiger partial charge on any atom is -0.249 e. The summed E-state index contributed by atoms with van der Waals surface area (Å²) in [5.41, 5.74) is 1.17. The number of halogens is 2. The van der Waals surface area contributed by atoms with Gasteiger partial charge in [-0.25, -0.2) is 4.98 Å². The average Bonchev–Trinajstić information content (AvgIpc) is 1.77. The summed E-state index contributed by atoms with van der Waals surface area (Å²) in [6, 6.07) is 3.93. The zero-order valence-corrected chi connectivity index (χ0v) is 8.26. The van der Waals surface area contributed by atoms with E-state index < -0.39 is 0 Å². The van der Waals surface area contributed by atoms with E-state index in [1.54, 1.807) is 6.20 Å². The summed E-state index contributed by atoms with van der Waals surface area (Å²) in [6.45, 7) is 2.01. The molecule has 1 aromatic rings. The van der Waals surface area contributed by atoms with Crippen LogP contribution in [0.25, 0.3) is 0 Å². The van der Waals surface area contributed by atoms with E-state index in [-0.39, 0.29) is 17.0 Å². The monoisotopic (exact) mass is 251 g/mol. The molecule has 0 saturated carbocycles. The molecule has 0 radical (unpaired) electrons. The van der Waals surface area contributed by atoms with Gasteiger partial charge in [0.25, 0.3) is 0 Å². The summed E-state index contributed by atoms with van der Waals surface area (Å²) in [7, 11) is 0. The molecule has 0 spiro atoms. The molecular weight excluding hydrogens is 246 g/mol. The standard InChI is InChI=1S/C6H6BrN.BrH/c1-5-3-2-4-8-6(5)7;/h2-4H,1H3;1H. The first-order valence-corrected chi connectivity index (χ1v) is 3.17. The lowest BCUT2D eigenvalue weighted by Crippen LogP contribution is -1.76. The van der Waals surface area contributed by atoms with E-state index >= 15 is 0 Å². The molecule has 0 aliphatic heterocycles. The Morgan fingerprint density at radius 2 is 2.22 bits per heavy atom. The quantitative estimate of drug-likeness (QED) is 0.648. The molecule has 0 aromatic carbocycles. The van der Waals surface area contributed by atoms with Crippen LogP contribution in [0.1, 0.15) is 5.56 Å². The van der Waals surface area contributed by atoms with Crippen molar-refractivity contribution in [2.24, 2.45) is 0 Å². The minimum atomic E-state index is 0. The second kappa shape index (κ2) is 4.01. The first kappa shape index (κ1) is 9.11. The lowest BCUT2D eigenvalue weighted by Gasteiger charge is -1.90. The fourth-order valence-electron chi connectivity index (χ4n) is 0.466. The smallest absolute Gasteiger partial charge is 0.108 e. The number of nitrogens with zero attached hydrogens (tertiary/aromatic N) is 1. The lowest BCUT2D eigenvalue weighted by atomic mass is 10.3. The molecule has 0 atom stereocenters. The van der Waals surface area contributed by atoms with Crippen LogP contribution in [0.5, 0.6) is 0 Å². The first-order chi connectivity index (χ1) is 3.80. The largest absolute Gasteiger partial charge is 0.249 e. The number of aromatic nitrogens is 1. The summed E-state index contributed by atoms with van der Waals surface area (Å²) in [6.07, 6.45) is 1.76. The maximum atomic E-state index is 4.00. The molecule has 0 saturated heterocycles. The van der Waals surface area contributed by atoms with Crippen LogP contribution < -0.4 is 0 Å². The third-order valence-corrected chi connectivity index (χ3v) is 1.78. The van der Waals surface area contributed by atoms with Gasteiger partial charge in [0.1, 0.15) is 4.60 Å². The van der Waals surface area contributed by atoms with Crippen LogP contribution >= 0.6 is 32.9 Å². The number of pyridine rings is 1. The molecule has 3 heteroatoms. The second-order valence-electron chi connectivity index (χ2n) is 1.61. The molecule has 0 unspecified atom stereocenters. The van der Waals surface area contributed by atoms with E-state index in [4.69, 9.17) is 0 Å². The molecule has 0 amide bonds. The topological polar surface area (TPSA) is 12.9 Å². The molecule has 1 aromatic heterocycles. The molecular formula is C6H7Br2N. The normalized spacial score (nSPS) is 8.22. The number of hydrogen-bond acceptors (Lipinski definition) is 1. The average molecular weight is 253 g/mol. The third kappa shape index (κ3) is 2.45. The molecule has 0 aliphatic rings. The SMILES string of the molecule is Br.Cc1cccnc1Br. The summed E-state index contributed by atoms with van der Waals surface area (Å²) in [5.74, 6) is 0. The van der Waals surface area contributed by atoms with Crippen LogP contribution in [-0.4, -0.2) is 4.98 Å². The van der Waals surface area contributed by atoms with Gasteiger partial charge in [-0.2, -0.15) is 0 Å². The second-order valence-corrected chi connectivity index (χ2v) is 2.36. The first-order valence-electron chi connectivity index (χ1n) is 2.38. The predicted octanol–water partition coefficient (Wildman–Crippen LogP) is 2.73. The van der Waals surface area contributed by atoms with Gasteiger partial charge in [0.2, 0.25) is 0 Å². The highest BCUT2D eigenvalue weighted by atomic mass is 79.9. The zero-order valence-electron chi connectivity index (χ0n) is 4.97. The fourth-order valence-corrected chi connectivity index (χ4v) is 0.717. The van der Waals surface area contributed by atoms with Crippen molar-refractivity contribution in [1.82, 2.24) is 4.98 Å².